The van der Waals surface area contributed by atoms with Crippen LogP contribution in [0.5, 0.6) is 0 Å². The van der Waals surface area contributed by atoms with E-state index in [4.69, 9.17) is 0 Å². The standard InChI is InChI=1S/C12H19N3O/c1-8-9(2)14-11(10(3)13-8)6-7-12(4,5)15-16/h6-7H,15H2,1-5H3/b7-6-. The monoisotopic (exact) mass is 221 g/mol. The van der Waals surface area contributed by atoms with Crippen LogP contribution in [0, 0.1) is 26.0 Å². The second-order valence-electron chi connectivity index (χ2n) is 4.64. The van der Waals surface area contributed by atoms with Crippen molar-refractivity contribution in [2.75, 3.05) is 0 Å². The van der Waals surface area contributed by atoms with Crippen molar-refractivity contribution in [3.8, 4) is 0 Å². The van der Waals surface area contributed by atoms with Gasteiger partial charge in [-0.25, -0.2) is 4.98 Å². The van der Waals surface area contributed by atoms with Crippen LogP contribution < -0.4 is 5.48 Å². The number of hydrogen-bond acceptors (Lipinski definition) is 3. The first-order chi connectivity index (χ1) is 7.35. The molecule has 0 amide bonds. The molecule has 0 bridgehead atoms. The fourth-order valence-corrected chi connectivity index (χ4v) is 1.22. The summed E-state index contributed by atoms with van der Waals surface area (Å²) in [6.07, 6.45) is 3.72. The predicted molar refractivity (Wildman–Crippen MR) is 64.6 cm³/mol. The molecular weight excluding hydrogens is 202 g/mol. The van der Waals surface area contributed by atoms with Crippen molar-refractivity contribution in [1.29, 1.82) is 0 Å². The van der Waals surface area contributed by atoms with Crippen LogP contribution in [0.4, 0.5) is 0 Å². The summed E-state index contributed by atoms with van der Waals surface area (Å²) in [5.74, 6) is 0. The molecular formula is C12H19N3O. The maximum atomic E-state index is 10.8. The summed E-state index contributed by atoms with van der Waals surface area (Å²) in [5.41, 5.74) is 4.07. The lowest BCUT2D eigenvalue weighted by Gasteiger charge is -2.20. The number of nitrogens with two attached hydrogens (primary N) is 1. The summed E-state index contributed by atoms with van der Waals surface area (Å²) < 4.78 is 0. The lowest BCUT2D eigenvalue weighted by atomic mass is 10.1. The summed E-state index contributed by atoms with van der Waals surface area (Å²) >= 11 is 0. The number of rotatable bonds is 3. The van der Waals surface area contributed by atoms with Gasteiger partial charge in [0.15, 0.2) is 0 Å². The van der Waals surface area contributed by atoms with E-state index in [-0.39, 0.29) is 0 Å². The fourth-order valence-electron chi connectivity index (χ4n) is 1.22. The van der Waals surface area contributed by atoms with Crippen molar-refractivity contribution in [3.63, 3.8) is 0 Å². The number of aromatic nitrogens is 2. The molecule has 0 saturated heterocycles. The highest BCUT2D eigenvalue weighted by atomic mass is 16.5. The van der Waals surface area contributed by atoms with Gasteiger partial charge >= 0.3 is 0 Å². The van der Waals surface area contributed by atoms with E-state index in [1.165, 1.54) is 0 Å². The first kappa shape index (κ1) is 12.8. The Bertz CT molecular complexity index is 411. The Morgan fingerprint density at radius 3 is 2.19 bits per heavy atom. The van der Waals surface area contributed by atoms with Gasteiger partial charge in [0, 0.05) is 0 Å². The minimum absolute atomic E-state index is 0.451. The van der Waals surface area contributed by atoms with E-state index in [0.29, 0.717) is 0 Å². The normalized spacial score (nSPS) is 12.4. The topological polar surface area (TPSA) is 65.5 Å². The molecule has 0 aliphatic heterocycles. The molecule has 16 heavy (non-hydrogen) atoms. The van der Waals surface area contributed by atoms with Crippen LogP contribution in [-0.4, -0.2) is 15.5 Å². The zero-order valence-corrected chi connectivity index (χ0v) is 10.5. The average Bonchev–Trinajstić information content (AvgIpc) is 2.22. The van der Waals surface area contributed by atoms with Crippen LogP contribution in [0.25, 0.3) is 6.08 Å². The predicted octanol–water partition coefficient (Wildman–Crippen LogP) is 1.25. The summed E-state index contributed by atoms with van der Waals surface area (Å²) in [6.45, 7) is 9.52. The van der Waals surface area contributed by atoms with E-state index < -0.39 is 5.54 Å². The molecule has 2 N–H and O–H groups in total. The van der Waals surface area contributed by atoms with Gasteiger partial charge in [-0.2, -0.15) is 0 Å². The molecule has 1 aromatic heterocycles. The maximum Gasteiger partial charge on any atom is 0.109 e. The Balaban J connectivity index is 3.02. The van der Waals surface area contributed by atoms with E-state index in [0.717, 1.165) is 28.3 Å². The lowest BCUT2D eigenvalue weighted by Crippen LogP contribution is -2.89. The molecule has 0 aliphatic rings. The molecule has 4 nitrogen and oxygen atoms in total. The Labute approximate surface area is 96.4 Å². The highest BCUT2D eigenvalue weighted by Gasteiger charge is 2.12. The first-order valence-electron chi connectivity index (χ1n) is 5.33. The number of aryl methyl sites for hydroxylation is 3. The Hall–Kier alpha value is -1.26. The second kappa shape index (κ2) is 4.72. The molecule has 0 saturated carbocycles. The zero-order chi connectivity index (χ0) is 12.3. The van der Waals surface area contributed by atoms with Gasteiger partial charge in [0.05, 0.1) is 22.8 Å². The molecule has 0 aromatic carbocycles. The van der Waals surface area contributed by atoms with Crippen molar-refractivity contribution in [3.05, 3.63) is 34.1 Å². The van der Waals surface area contributed by atoms with Crippen molar-refractivity contribution in [2.45, 2.75) is 40.2 Å². The van der Waals surface area contributed by atoms with Gasteiger partial charge in [-0.3, -0.25) is 4.98 Å². The van der Waals surface area contributed by atoms with Crippen LogP contribution >= 0.6 is 0 Å². The van der Waals surface area contributed by atoms with Crippen LogP contribution in [0.15, 0.2) is 6.08 Å². The summed E-state index contributed by atoms with van der Waals surface area (Å²) in [5, 5.41) is 10.8. The van der Waals surface area contributed by atoms with E-state index >= 15 is 0 Å². The van der Waals surface area contributed by atoms with E-state index in [2.05, 4.69) is 9.97 Å². The van der Waals surface area contributed by atoms with Gasteiger partial charge in [-0.1, -0.05) is 0 Å². The molecule has 1 heterocycles. The largest absolute Gasteiger partial charge is 0.635 e. The van der Waals surface area contributed by atoms with Gasteiger partial charge in [-0.15, -0.1) is 0 Å². The Kier molecular flexibility index (Phi) is 3.78. The third-order valence-corrected chi connectivity index (χ3v) is 2.49. The molecule has 0 radical (unpaired) electrons. The molecule has 4 heteroatoms. The number of hydrogen-bond donors (Lipinski definition) is 1. The quantitative estimate of drug-likeness (QED) is 0.781. The maximum absolute atomic E-state index is 10.8. The Morgan fingerprint density at radius 1 is 1.06 bits per heavy atom. The third-order valence-electron chi connectivity index (χ3n) is 2.49. The first-order valence-corrected chi connectivity index (χ1v) is 5.33. The van der Waals surface area contributed by atoms with Gasteiger partial charge in [0.1, 0.15) is 5.54 Å². The highest BCUT2D eigenvalue weighted by Crippen LogP contribution is 2.10. The van der Waals surface area contributed by atoms with E-state index in [1.807, 2.05) is 46.8 Å². The average molecular weight is 221 g/mol. The Morgan fingerprint density at radius 2 is 1.62 bits per heavy atom. The summed E-state index contributed by atoms with van der Waals surface area (Å²) in [6, 6.07) is 0. The van der Waals surface area contributed by atoms with Crippen molar-refractivity contribution in [1.82, 2.24) is 9.97 Å². The highest BCUT2D eigenvalue weighted by molar-refractivity contribution is 5.48. The van der Waals surface area contributed by atoms with Gasteiger partial charge in [-0.05, 0) is 46.8 Å². The molecule has 0 atom stereocenters. The molecule has 1 aromatic rings. The number of nitrogens with zero attached hydrogens (tertiary/aromatic N) is 2. The fraction of sp³-hybridized carbons (Fsp3) is 0.500. The second-order valence-corrected chi connectivity index (χ2v) is 4.64. The smallest absolute Gasteiger partial charge is 0.109 e. The number of quaternary nitrogens is 1. The lowest BCUT2D eigenvalue weighted by molar-refractivity contribution is -0.649. The molecule has 0 unspecified atom stereocenters. The van der Waals surface area contributed by atoms with E-state index in [1.54, 1.807) is 0 Å². The summed E-state index contributed by atoms with van der Waals surface area (Å²) in [7, 11) is 0. The molecule has 0 spiro atoms. The molecule has 0 aliphatic carbocycles. The van der Waals surface area contributed by atoms with Gasteiger partial charge in [0.2, 0.25) is 0 Å². The van der Waals surface area contributed by atoms with Gasteiger partial charge < -0.3 is 10.7 Å². The minimum Gasteiger partial charge on any atom is -0.635 e. The number of hydroxylamine groups is 1. The van der Waals surface area contributed by atoms with Crippen LogP contribution in [0.1, 0.15) is 36.6 Å². The summed E-state index contributed by atoms with van der Waals surface area (Å²) in [4.78, 5) is 8.84. The zero-order valence-electron chi connectivity index (χ0n) is 10.5. The SMILES string of the molecule is Cc1nc(C)c(/C=C\C(C)(C)[NH2+][O-])nc1C. The van der Waals surface area contributed by atoms with Crippen molar-refractivity contribution in [2.24, 2.45) is 0 Å². The third kappa shape index (κ3) is 3.12. The molecule has 0 fully saturated rings. The van der Waals surface area contributed by atoms with Crippen LogP contribution in [0.3, 0.4) is 0 Å². The van der Waals surface area contributed by atoms with Crippen molar-refractivity contribution >= 4 is 6.08 Å². The minimum atomic E-state index is -0.451. The van der Waals surface area contributed by atoms with E-state index in [9.17, 15) is 5.21 Å². The molecule has 1 rings (SSSR count). The van der Waals surface area contributed by atoms with Crippen molar-refractivity contribution < 1.29 is 5.48 Å². The molecule has 88 valence electrons. The van der Waals surface area contributed by atoms with Crippen LogP contribution in [-0.2, 0) is 0 Å². The van der Waals surface area contributed by atoms with Crippen LogP contribution in [0.2, 0.25) is 0 Å². The van der Waals surface area contributed by atoms with Gasteiger partial charge in [0.25, 0.3) is 0 Å².